The molecule has 0 aliphatic rings. The van der Waals surface area contributed by atoms with Crippen molar-refractivity contribution in [3.05, 3.63) is 70.8 Å². The maximum Gasteiger partial charge on any atom is 0.246 e. The highest BCUT2D eigenvalue weighted by Crippen LogP contribution is 2.18. The molecule has 0 saturated heterocycles. The molecule has 0 radical (unpaired) electrons. The Morgan fingerprint density at radius 1 is 1.11 bits per heavy atom. The molecule has 0 atom stereocenters. The van der Waals surface area contributed by atoms with Gasteiger partial charge in [-0.1, -0.05) is 35.0 Å². The minimum atomic E-state index is -0.264. The van der Waals surface area contributed by atoms with Crippen LogP contribution in [-0.4, -0.2) is 23.1 Å². The van der Waals surface area contributed by atoms with Crippen LogP contribution in [0.3, 0.4) is 0 Å². The number of aromatic nitrogens is 2. The monoisotopic (exact) mass is 501 g/mol. The van der Waals surface area contributed by atoms with Crippen molar-refractivity contribution in [1.29, 1.82) is 0 Å². The lowest BCUT2D eigenvalue weighted by Gasteiger charge is -2.10. The molecule has 0 fully saturated rings. The van der Waals surface area contributed by atoms with Crippen LogP contribution in [0.2, 0.25) is 5.02 Å². The Bertz CT molecular complexity index is 901. The highest BCUT2D eigenvalue weighted by atomic mass is 127. The fraction of sp³-hybridized carbons (Fsp3) is 0.167. The van der Waals surface area contributed by atoms with E-state index in [9.17, 15) is 4.39 Å². The third-order valence-corrected chi connectivity index (χ3v) is 3.86. The van der Waals surface area contributed by atoms with Crippen molar-refractivity contribution >= 4 is 41.5 Å². The van der Waals surface area contributed by atoms with Crippen LogP contribution in [0, 0.1) is 5.82 Å². The zero-order valence-electron chi connectivity index (χ0n) is 14.4. The van der Waals surface area contributed by atoms with E-state index in [1.165, 1.54) is 6.07 Å². The van der Waals surface area contributed by atoms with E-state index in [2.05, 4.69) is 25.8 Å². The molecule has 3 rings (SSSR count). The first-order valence-electron chi connectivity index (χ1n) is 7.92. The van der Waals surface area contributed by atoms with Gasteiger partial charge in [0, 0.05) is 29.7 Å². The van der Waals surface area contributed by atoms with Gasteiger partial charge in [-0.25, -0.2) is 4.39 Å². The Hall–Kier alpha value is -2.20. The minimum Gasteiger partial charge on any atom is -0.352 e. The molecule has 3 aromatic rings. The molecule has 0 saturated carbocycles. The number of hydrogen-bond acceptors (Lipinski definition) is 4. The summed E-state index contributed by atoms with van der Waals surface area (Å²) in [7, 11) is 1.63. The SMILES string of the molecule is CN=C(NCc1nc(-c2ccc(Cl)cc2)no1)NCc1ccccc1F.I. The van der Waals surface area contributed by atoms with Crippen molar-refractivity contribution in [2.24, 2.45) is 4.99 Å². The van der Waals surface area contributed by atoms with Gasteiger partial charge in [0.2, 0.25) is 11.7 Å². The van der Waals surface area contributed by atoms with Gasteiger partial charge in [-0.2, -0.15) is 4.98 Å². The average Bonchev–Trinajstić information content (AvgIpc) is 3.13. The van der Waals surface area contributed by atoms with Crippen LogP contribution < -0.4 is 10.6 Å². The summed E-state index contributed by atoms with van der Waals surface area (Å²) in [5.74, 6) is 1.12. The van der Waals surface area contributed by atoms with E-state index < -0.39 is 0 Å². The molecule has 2 N–H and O–H groups in total. The number of nitrogens with zero attached hydrogens (tertiary/aromatic N) is 3. The molecular formula is C18H18ClFIN5O. The molecule has 0 aliphatic carbocycles. The summed E-state index contributed by atoms with van der Waals surface area (Å²) in [4.78, 5) is 8.41. The lowest BCUT2D eigenvalue weighted by Crippen LogP contribution is -2.36. The fourth-order valence-electron chi connectivity index (χ4n) is 2.24. The Kier molecular flexibility index (Phi) is 7.99. The summed E-state index contributed by atoms with van der Waals surface area (Å²) in [5, 5.41) is 10.7. The molecule has 142 valence electrons. The van der Waals surface area contributed by atoms with E-state index in [0.717, 1.165) is 5.56 Å². The lowest BCUT2D eigenvalue weighted by molar-refractivity contribution is 0.375. The summed E-state index contributed by atoms with van der Waals surface area (Å²) in [6, 6.07) is 13.7. The Morgan fingerprint density at radius 3 is 2.52 bits per heavy atom. The Labute approximate surface area is 178 Å². The molecule has 0 unspecified atom stereocenters. The number of benzene rings is 2. The van der Waals surface area contributed by atoms with Gasteiger partial charge >= 0.3 is 0 Å². The lowest BCUT2D eigenvalue weighted by atomic mass is 10.2. The number of aliphatic imine (C=N–C) groups is 1. The van der Waals surface area contributed by atoms with Gasteiger partial charge < -0.3 is 15.2 Å². The summed E-state index contributed by atoms with van der Waals surface area (Å²) in [6.07, 6.45) is 0. The summed E-state index contributed by atoms with van der Waals surface area (Å²) in [6.45, 7) is 0.601. The minimum absolute atomic E-state index is 0. The number of nitrogens with one attached hydrogen (secondary N) is 2. The Morgan fingerprint density at radius 2 is 1.81 bits per heavy atom. The average molecular weight is 502 g/mol. The van der Waals surface area contributed by atoms with Crippen LogP contribution in [0.4, 0.5) is 4.39 Å². The quantitative estimate of drug-likeness (QED) is 0.314. The first-order chi connectivity index (χ1) is 12.7. The molecule has 0 aliphatic heterocycles. The summed E-state index contributed by atoms with van der Waals surface area (Å²) >= 11 is 5.87. The summed E-state index contributed by atoms with van der Waals surface area (Å²) < 4.78 is 18.9. The number of halogens is 3. The van der Waals surface area contributed by atoms with Crippen molar-refractivity contribution in [3.8, 4) is 11.4 Å². The van der Waals surface area contributed by atoms with Gasteiger partial charge in [-0.05, 0) is 30.3 Å². The van der Waals surface area contributed by atoms with Crippen molar-refractivity contribution in [2.75, 3.05) is 7.05 Å². The normalized spacial score (nSPS) is 11.0. The molecule has 0 spiro atoms. The van der Waals surface area contributed by atoms with Crippen LogP contribution in [0.5, 0.6) is 0 Å². The zero-order valence-corrected chi connectivity index (χ0v) is 17.5. The smallest absolute Gasteiger partial charge is 0.246 e. The number of rotatable bonds is 5. The largest absolute Gasteiger partial charge is 0.352 e. The Balaban J connectivity index is 0.00000261. The highest BCUT2D eigenvalue weighted by Gasteiger charge is 2.09. The fourth-order valence-corrected chi connectivity index (χ4v) is 2.37. The molecule has 27 heavy (non-hydrogen) atoms. The van der Waals surface area contributed by atoms with Gasteiger partial charge in [0.25, 0.3) is 0 Å². The standard InChI is InChI=1S/C18H17ClFN5O.HI/c1-21-18(22-10-13-4-2-3-5-15(13)20)23-11-16-24-17(25-26-16)12-6-8-14(19)9-7-12;/h2-9H,10-11H2,1H3,(H2,21,22,23);1H. The topological polar surface area (TPSA) is 75.3 Å². The second-order valence-corrected chi connectivity index (χ2v) is 5.83. The van der Waals surface area contributed by atoms with Crippen LogP contribution in [0.25, 0.3) is 11.4 Å². The van der Waals surface area contributed by atoms with E-state index in [4.69, 9.17) is 16.1 Å². The van der Waals surface area contributed by atoms with E-state index in [-0.39, 0.29) is 36.3 Å². The van der Waals surface area contributed by atoms with Gasteiger partial charge in [0.15, 0.2) is 5.96 Å². The number of guanidine groups is 1. The molecular weight excluding hydrogens is 484 g/mol. The zero-order chi connectivity index (χ0) is 18.4. The molecule has 1 aromatic heterocycles. The number of hydrogen-bond donors (Lipinski definition) is 2. The van der Waals surface area contributed by atoms with E-state index in [0.29, 0.717) is 34.8 Å². The second kappa shape index (κ2) is 10.2. The van der Waals surface area contributed by atoms with E-state index >= 15 is 0 Å². The van der Waals surface area contributed by atoms with E-state index in [1.807, 2.05) is 12.1 Å². The third kappa shape index (κ3) is 5.90. The molecule has 2 aromatic carbocycles. The molecule has 0 bridgehead atoms. The predicted octanol–water partition coefficient (Wildman–Crippen LogP) is 4.01. The predicted molar refractivity (Wildman–Crippen MR) is 114 cm³/mol. The van der Waals surface area contributed by atoms with Crippen molar-refractivity contribution < 1.29 is 8.91 Å². The molecule has 1 heterocycles. The van der Waals surface area contributed by atoms with Gasteiger partial charge in [-0.15, -0.1) is 24.0 Å². The van der Waals surface area contributed by atoms with Crippen molar-refractivity contribution in [1.82, 2.24) is 20.8 Å². The first kappa shape index (κ1) is 21.1. The van der Waals surface area contributed by atoms with Crippen LogP contribution in [0.15, 0.2) is 58.0 Å². The molecule has 6 nitrogen and oxygen atoms in total. The van der Waals surface area contributed by atoms with Crippen LogP contribution >= 0.6 is 35.6 Å². The van der Waals surface area contributed by atoms with Crippen molar-refractivity contribution in [2.45, 2.75) is 13.1 Å². The van der Waals surface area contributed by atoms with Crippen molar-refractivity contribution in [3.63, 3.8) is 0 Å². The second-order valence-electron chi connectivity index (χ2n) is 5.39. The van der Waals surface area contributed by atoms with Gasteiger partial charge in [0.1, 0.15) is 5.82 Å². The van der Waals surface area contributed by atoms with Gasteiger partial charge in [0.05, 0.1) is 6.54 Å². The third-order valence-electron chi connectivity index (χ3n) is 3.61. The maximum atomic E-state index is 13.6. The maximum absolute atomic E-state index is 13.6. The highest BCUT2D eigenvalue weighted by molar-refractivity contribution is 14.0. The molecule has 9 heteroatoms. The van der Waals surface area contributed by atoms with Crippen LogP contribution in [0.1, 0.15) is 11.5 Å². The van der Waals surface area contributed by atoms with Gasteiger partial charge in [-0.3, -0.25) is 4.99 Å². The van der Waals surface area contributed by atoms with Crippen LogP contribution in [-0.2, 0) is 13.1 Å². The first-order valence-corrected chi connectivity index (χ1v) is 8.30. The molecule has 0 amide bonds. The summed E-state index contributed by atoms with van der Waals surface area (Å²) in [5.41, 5.74) is 1.37. The van der Waals surface area contributed by atoms with E-state index in [1.54, 1.807) is 37.4 Å².